The molecule has 1 aliphatic heterocycles. The van der Waals surface area contributed by atoms with E-state index in [0.29, 0.717) is 18.8 Å². The number of carbonyl (C=O) groups excluding carboxylic acids is 1. The molecule has 4 heteroatoms. The minimum atomic E-state index is -0.139. The molecule has 0 bridgehead atoms. The van der Waals surface area contributed by atoms with Gasteiger partial charge in [-0.15, -0.1) is 0 Å². The number of aliphatic hydroxyl groups excluding tert-OH is 1. The van der Waals surface area contributed by atoms with Gasteiger partial charge in [0, 0.05) is 12.6 Å². The molecule has 2 N–H and O–H groups in total. The molecule has 1 atom stereocenters. The third-order valence-electron chi connectivity index (χ3n) is 2.33. The van der Waals surface area contributed by atoms with Gasteiger partial charge in [0.2, 0.25) is 0 Å². The summed E-state index contributed by atoms with van der Waals surface area (Å²) in [4.78, 5) is 11.6. The van der Waals surface area contributed by atoms with Crippen LogP contribution in [0.5, 0.6) is 0 Å². The Balaban J connectivity index is 2.30. The van der Waals surface area contributed by atoms with Crippen molar-refractivity contribution >= 4 is 5.91 Å². The van der Waals surface area contributed by atoms with Crippen LogP contribution in [-0.4, -0.2) is 30.3 Å². The van der Waals surface area contributed by atoms with Crippen molar-refractivity contribution in [2.75, 3.05) is 13.2 Å². The van der Waals surface area contributed by atoms with Gasteiger partial charge in [-0.25, -0.2) is 0 Å². The van der Waals surface area contributed by atoms with Crippen molar-refractivity contribution in [2.45, 2.75) is 38.6 Å². The zero-order valence-electron chi connectivity index (χ0n) is 9.16. The highest BCUT2D eigenvalue weighted by Crippen LogP contribution is 2.10. The van der Waals surface area contributed by atoms with E-state index in [1.807, 2.05) is 13.0 Å². The van der Waals surface area contributed by atoms with E-state index >= 15 is 0 Å². The summed E-state index contributed by atoms with van der Waals surface area (Å²) in [7, 11) is 0. The van der Waals surface area contributed by atoms with Crippen molar-refractivity contribution in [3.8, 4) is 0 Å². The van der Waals surface area contributed by atoms with Crippen LogP contribution in [0.4, 0.5) is 0 Å². The lowest BCUT2D eigenvalue weighted by Gasteiger charge is -2.17. The summed E-state index contributed by atoms with van der Waals surface area (Å²) in [6.45, 7) is 2.72. The van der Waals surface area contributed by atoms with Crippen LogP contribution in [0.15, 0.2) is 11.8 Å². The van der Waals surface area contributed by atoms with Gasteiger partial charge in [0.1, 0.15) is 0 Å². The van der Waals surface area contributed by atoms with E-state index < -0.39 is 0 Å². The maximum atomic E-state index is 11.6. The first-order valence-corrected chi connectivity index (χ1v) is 5.48. The van der Waals surface area contributed by atoms with E-state index in [9.17, 15) is 4.79 Å². The summed E-state index contributed by atoms with van der Waals surface area (Å²) in [5.41, 5.74) is 0. The lowest BCUT2D eigenvalue weighted by atomic mass is 10.2. The Kier molecular flexibility index (Phi) is 5.18. The molecule has 0 aromatic carbocycles. The van der Waals surface area contributed by atoms with Crippen LogP contribution >= 0.6 is 0 Å². The molecule has 1 aliphatic rings. The summed E-state index contributed by atoms with van der Waals surface area (Å²) >= 11 is 0. The van der Waals surface area contributed by atoms with Gasteiger partial charge in [-0.1, -0.05) is 0 Å². The third-order valence-corrected chi connectivity index (χ3v) is 2.33. The lowest BCUT2D eigenvalue weighted by Crippen LogP contribution is -2.34. The molecule has 0 saturated heterocycles. The molecule has 0 aromatic rings. The number of rotatable bonds is 5. The summed E-state index contributed by atoms with van der Waals surface area (Å²) in [6.07, 6.45) is 5.22. The first-order chi connectivity index (χ1) is 7.24. The standard InChI is InChI=1S/C11H19NO3/c1-9(5-4-7-13)12-11(14)10-6-2-3-8-15-10/h6,9,13H,2-5,7-8H2,1H3,(H,12,14). The van der Waals surface area contributed by atoms with Crippen molar-refractivity contribution in [3.05, 3.63) is 11.8 Å². The first kappa shape index (κ1) is 12.0. The van der Waals surface area contributed by atoms with E-state index in [2.05, 4.69) is 5.32 Å². The van der Waals surface area contributed by atoms with Gasteiger partial charge in [0.25, 0.3) is 5.91 Å². The average Bonchev–Trinajstić information content (AvgIpc) is 2.27. The van der Waals surface area contributed by atoms with Crippen molar-refractivity contribution in [1.29, 1.82) is 0 Å². The minimum Gasteiger partial charge on any atom is -0.488 e. The Hall–Kier alpha value is -1.03. The highest BCUT2D eigenvalue weighted by atomic mass is 16.5. The molecule has 0 aliphatic carbocycles. The minimum absolute atomic E-state index is 0.0797. The van der Waals surface area contributed by atoms with Gasteiger partial charge in [0.15, 0.2) is 5.76 Å². The number of allylic oxidation sites excluding steroid dienone is 1. The second kappa shape index (κ2) is 6.45. The van der Waals surface area contributed by atoms with Gasteiger partial charge >= 0.3 is 0 Å². The molecular formula is C11H19NO3. The van der Waals surface area contributed by atoms with E-state index in [1.54, 1.807) is 0 Å². The molecule has 0 fully saturated rings. The topological polar surface area (TPSA) is 58.6 Å². The lowest BCUT2D eigenvalue weighted by molar-refractivity contribution is -0.121. The normalized spacial score (nSPS) is 17.6. The van der Waals surface area contributed by atoms with Gasteiger partial charge in [0.05, 0.1) is 6.61 Å². The summed E-state index contributed by atoms with van der Waals surface area (Å²) < 4.78 is 5.24. The van der Waals surface area contributed by atoms with Crippen LogP contribution in [0.3, 0.4) is 0 Å². The summed E-state index contributed by atoms with van der Waals surface area (Å²) in [5, 5.41) is 11.5. The van der Waals surface area contributed by atoms with Crippen molar-refractivity contribution in [2.24, 2.45) is 0 Å². The molecule has 1 amide bonds. The molecular weight excluding hydrogens is 194 g/mol. The molecule has 15 heavy (non-hydrogen) atoms. The highest BCUT2D eigenvalue weighted by Gasteiger charge is 2.15. The fraction of sp³-hybridized carbons (Fsp3) is 0.727. The number of nitrogens with one attached hydrogen (secondary N) is 1. The monoisotopic (exact) mass is 213 g/mol. The first-order valence-electron chi connectivity index (χ1n) is 5.48. The number of amides is 1. The van der Waals surface area contributed by atoms with Gasteiger partial charge in [-0.2, -0.15) is 0 Å². The van der Waals surface area contributed by atoms with Crippen LogP contribution in [0.1, 0.15) is 32.6 Å². The highest BCUT2D eigenvalue weighted by molar-refractivity contribution is 5.91. The Labute approximate surface area is 90.3 Å². The van der Waals surface area contributed by atoms with Gasteiger partial charge in [-0.05, 0) is 38.7 Å². The Bertz CT molecular complexity index is 238. The third kappa shape index (κ3) is 4.34. The number of ether oxygens (including phenoxy) is 1. The van der Waals surface area contributed by atoms with E-state index in [-0.39, 0.29) is 18.6 Å². The quantitative estimate of drug-likeness (QED) is 0.715. The van der Waals surface area contributed by atoms with Crippen LogP contribution < -0.4 is 5.32 Å². The van der Waals surface area contributed by atoms with E-state index in [1.165, 1.54) is 0 Å². The van der Waals surface area contributed by atoms with Crippen LogP contribution in [-0.2, 0) is 9.53 Å². The van der Waals surface area contributed by atoms with Crippen LogP contribution in [0.2, 0.25) is 0 Å². The molecule has 0 aromatic heterocycles. The number of aliphatic hydroxyl groups is 1. The molecule has 86 valence electrons. The van der Waals surface area contributed by atoms with Crippen molar-refractivity contribution in [1.82, 2.24) is 5.32 Å². The molecule has 0 radical (unpaired) electrons. The molecule has 4 nitrogen and oxygen atoms in total. The number of hydrogen-bond donors (Lipinski definition) is 2. The van der Waals surface area contributed by atoms with Gasteiger partial charge < -0.3 is 15.2 Å². The molecule has 1 unspecified atom stereocenters. The van der Waals surface area contributed by atoms with Crippen LogP contribution in [0.25, 0.3) is 0 Å². The van der Waals surface area contributed by atoms with Crippen molar-refractivity contribution < 1.29 is 14.6 Å². The van der Waals surface area contributed by atoms with Gasteiger partial charge in [-0.3, -0.25) is 4.79 Å². The predicted molar refractivity (Wildman–Crippen MR) is 57.2 cm³/mol. The van der Waals surface area contributed by atoms with Crippen molar-refractivity contribution in [3.63, 3.8) is 0 Å². The largest absolute Gasteiger partial charge is 0.488 e. The maximum Gasteiger partial charge on any atom is 0.286 e. The molecule has 1 rings (SSSR count). The van der Waals surface area contributed by atoms with E-state index in [0.717, 1.165) is 19.3 Å². The molecule has 0 spiro atoms. The molecule has 0 saturated carbocycles. The predicted octanol–water partition coefficient (Wildman–Crippen LogP) is 0.958. The zero-order chi connectivity index (χ0) is 11.1. The van der Waals surface area contributed by atoms with E-state index in [4.69, 9.17) is 9.84 Å². The maximum absolute atomic E-state index is 11.6. The SMILES string of the molecule is CC(CCCO)NC(=O)C1=CCCCO1. The fourth-order valence-electron chi connectivity index (χ4n) is 1.48. The Morgan fingerprint density at radius 3 is 3.13 bits per heavy atom. The Morgan fingerprint density at radius 2 is 2.53 bits per heavy atom. The smallest absolute Gasteiger partial charge is 0.286 e. The fourth-order valence-corrected chi connectivity index (χ4v) is 1.48. The van der Waals surface area contributed by atoms with Crippen LogP contribution in [0, 0.1) is 0 Å². The number of hydrogen-bond acceptors (Lipinski definition) is 3. The zero-order valence-corrected chi connectivity index (χ0v) is 9.16. The molecule has 1 heterocycles. The Morgan fingerprint density at radius 1 is 1.73 bits per heavy atom. The summed E-state index contributed by atoms with van der Waals surface area (Å²) in [6, 6.07) is 0.0797. The second-order valence-electron chi connectivity index (χ2n) is 3.80. The summed E-state index contributed by atoms with van der Waals surface area (Å²) in [5.74, 6) is 0.303. The average molecular weight is 213 g/mol. The second-order valence-corrected chi connectivity index (χ2v) is 3.80. The number of carbonyl (C=O) groups is 1.